The number of carbonyl (C=O) groups excluding carboxylic acids is 1. The number of unbranched alkanes of at least 4 members (excludes halogenated alkanes) is 11. The Morgan fingerprint density at radius 3 is 1.72 bits per heavy atom. The van der Waals surface area contributed by atoms with Crippen LogP contribution in [0.25, 0.3) is 0 Å². The van der Waals surface area contributed by atoms with Gasteiger partial charge in [0, 0.05) is 32.6 Å². The molecule has 3 heteroatoms. The summed E-state index contributed by atoms with van der Waals surface area (Å²) in [7, 11) is 2.13. The summed E-state index contributed by atoms with van der Waals surface area (Å²) in [4.78, 5) is 16.5. The van der Waals surface area contributed by atoms with Crippen molar-refractivity contribution in [1.82, 2.24) is 9.80 Å². The Kier molecular flexibility index (Phi) is 12.8. The Morgan fingerprint density at radius 1 is 0.690 bits per heavy atom. The molecular weight excluding hydrogens is 356 g/mol. The van der Waals surface area contributed by atoms with Gasteiger partial charge in [0.15, 0.2) is 0 Å². The van der Waals surface area contributed by atoms with Crippen molar-refractivity contribution in [2.45, 2.75) is 89.9 Å². The summed E-state index contributed by atoms with van der Waals surface area (Å²) in [5.41, 5.74) is 1.48. The Bertz CT molecular complexity index is 523. The van der Waals surface area contributed by atoms with Crippen molar-refractivity contribution in [3.63, 3.8) is 0 Å². The standard InChI is InChI=1S/C26H44N2O/c1-27-21-23-28(24-22-27)26(29)20-16-11-9-7-5-3-2-4-6-8-10-13-17-25-18-14-12-15-19-25/h12,14-15,18-19H,2-11,13,16-17,20-24H2,1H3. The lowest BCUT2D eigenvalue weighted by atomic mass is 10.0. The van der Waals surface area contributed by atoms with E-state index >= 15 is 0 Å². The minimum atomic E-state index is 0.377. The van der Waals surface area contributed by atoms with E-state index in [0.29, 0.717) is 5.91 Å². The van der Waals surface area contributed by atoms with Gasteiger partial charge in [0.2, 0.25) is 5.91 Å². The predicted octanol–water partition coefficient (Wildman–Crippen LogP) is 6.07. The van der Waals surface area contributed by atoms with Crippen LogP contribution >= 0.6 is 0 Å². The lowest BCUT2D eigenvalue weighted by Crippen LogP contribution is -2.47. The van der Waals surface area contributed by atoms with Gasteiger partial charge >= 0.3 is 0 Å². The van der Waals surface area contributed by atoms with Crippen LogP contribution in [0.3, 0.4) is 0 Å². The van der Waals surface area contributed by atoms with Crippen molar-refractivity contribution in [3.05, 3.63) is 35.9 Å². The number of hydrogen-bond acceptors (Lipinski definition) is 2. The third-order valence-corrected chi connectivity index (χ3v) is 6.30. The summed E-state index contributed by atoms with van der Waals surface area (Å²) in [6.45, 7) is 3.89. The van der Waals surface area contributed by atoms with Crippen molar-refractivity contribution in [2.24, 2.45) is 0 Å². The van der Waals surface area contributed by atoms with Crippen molar-refractivity contribution in [2.75, 3.05) is 33.2 Å². The van der Waals surface area contributed by atoms with Crippen LogP contribution in [0.4, 0.5) is 0 Å². The van der Waals surface area contributed by atoms with E-state index in [1.165, 1.54) is 82.6 Å². The summed E-state index contributed by atoms with van der Waals surface area (Å²) < 4.78 is 0. The molecule has 0 spiro atoms. The molecule has 0 N–H and O–H groups in total. The fourth-order valence-electron chi connectivity index (χ4n) is 4.23. The smallest absolute Gasteiger partial charge is 0.222 e. The maximum absolute atomic E-state index is 12.2. The van der Waals surface area contributed by atoms with Gasteiger partial charge in [-0.25, -0.2) is 0 Å². The van der Waals surface area contributed by atoms with E-state index in [4.69, 9.17) is 0 Å². The molecular formula is C26H44N2O. The van der Waals surface area contributed by atoms with E-state index < -0.39 is 0 Å². The highest BCUT2D eigenvalue weighted by Gasteiger charge is 2.18. The first kappa shape index (κ1) is 23.9. The van der Waals surface area contributed by atoms with Gasteiger partial charge < -0.3 is 9.80 Å². The quantitative estimate of drug-likeness (QED) is 0.333. The zero-order chi connectivity index (χ0) is 20.6. The third-order valence-electron chi connectivity index (χ3n) is 6.30. The van der Waals surface area contributed by atoms with Gasteiger partial charge in [-0.2, -0.15) is 0 Å². The van der Waals surface area contributed by atoms with E-state index in [-0.39, 0.29) is 0 Å². The zero-order valence-electron chi connectivity index (χ0n) is 18.9. The summed E-state index contributed by atoms with van der Waals surface area (Å²) in [6, 6.07) is 10.9. The highest BCUT2D eigenvalue weighted by atomic mass is 16.2. The molecule has 1 aliphatic heterocycles. The van der Waals surface area contributed by atoms with Crippen molar-refractivity contribution in [1.29, 1.82) is 0 Å². The van der Waals surface area contributed by atoms with Crippen LogP contribution in [0.15, 0.2) is 30.3 Å². The van der Waals surface area contributed by atoms with Crippen LogP contribution in [0, 0.1) is 0 Å². The first-order valence-corrected chi connectivity index (χ1v) is 12.3. The molecule has 0 saturated carbocycles. The second-order valence-electron chi connectivity index (χ2n) is 8.91. The molecule has 0 atom stereocenters. The third kappa shape index (κ3) is 11.4. The van der Waals surface area contributed by atoms with Gasteiger partial charge in [-0.05, 0) is 31.9 Å². The predicted molar refractivity (Wildman–Crippen MR) is 124 cm³/mol. The number of rotatable bonds is 15. The van der Waals surface area contributed by atoms with Crippen LogP contribution in [0.1, 0.15) is 89.0 Å². The molecule has 0 aromatic heterocycles. The number of carbonyl (C=O) groups is 1. The molecule has 0 unspecified atom stereocenters. The SMILES string of the molecule is CN1CCN(C(=O)CCCCCCCCCCCCCCc2ccccc2)CC1. The topological polar surface area (TPSA) is 23.6 Å². The van der Waals surface area contributed by atoms with Gasteiger partial charge in [0.25, 0.3) is 0 Å². The minimum absolute atomic E-state index is 0.377. The second-order valence-corrected chi connectivity index (χ2v) is 8.91. The monoisotopic (exact) mass is 400 g/mol. The molecule has 164 valence electrons. The molecule has 0 aliphatic carbocycles. The lowest BCUT2D eigenvalue weighted by Gasteiger charge is -2.32. The summed E-state index contributed by atoms with van der Waals surface area (Å²) in [5, 5.41) is 0. The van der Waals surface area contributed by atoms with Gasteiger partial charge in [-0.1, -0.05) is 94.5 Å². The van der Waals surface area contributed by atoms with E-state index in [0.717, 1.165) is 39.0 Å². The molecule has 1 amide bonds. The van der Waals surface area contributed by atoms with E-state index in [9.17, 15) is 4.79 Å². The number of hydrogen-bond donors (Lipinski definition) is 0. The fraction of sp³-hybridized carbons (Fsp3) is 0.731. The molecule has 2 rings (SSSR count). The maximum atomic E-state index is 12.2. The minimum Gasteiger partial charge on any atom is -0.340 e. The molecule has 1 fully saturated rings. The van der Waals surface area contributed by atoms with E-state index in [1.54, 1.807) is 0 Å². The maximum Gasteiger partial charge on any atom is 0.222 e. The average Bonchev–Trinajstić information content (AvgIpc) is 2.75. The highest BCUT2D eigenvalue weighted by Crippen LogP contribution is 2.14. The van der Waals surface area contributed by atoms with Gasteiger partial charge in [0.1, 0.15) is 0 Å². The molecule has 0 bridgehead atoms. The molecule has 29 heavy (non-hydrogen) atoms. The first-order valence-electron chi connectivity index (χ1n) is 12.3. The molecule has 1 heterocycles. The van der Waals surface area contributed by atoms with Crippen molar-refractivity contribution in [3.8, 4) is 0 Å². The Morgan fingerprint density at radius 2 is 1.17 bits per heavy atom. The molecule has 1 aliphatic rings. The zero-order valence-corrected chi connectivity index (χ0v) is 18.9. The van der Waals surface area contributed by atoms with Gasteiger partial charge in [-0.3, -0.25) is 4.79 Å². The molecule has 3 nitrogen and oxygen atoms in total. The lowest BCUT2D eigenvalue weighted by molar-refractivity contribution is -0.132. The van der Waals surface area contributed by atoms with Crippen LogP contribution < -0.4 is 0 Å². The Labute approximate surface area is 179 Å². The molecule has 1 aromatic rings. The largest absolute Gasteiger partial charge is 0.340 e. The molecule has 0 radical (unpaired) electrons. The average molecular weight is 401 g/mol. The Balaban J connectivity index is 1.29. The Hall–Kier alpha value is -1.35. The first-order chi connectivity index (χ1) is 14.3. The number of benzene rings is 1. The summed E-state index contributed by atoms with van der Waals surface area (Å²) in [5.74, 6) is 0.377. The van der Waals surface area contributed by atoms with Crippen LogP contribution in [0.2, 0.25) is 0 Å². The van der Waals surface area contributed by atoms with Crippen LogP contribution in [-0.4, -0.2) is 48.9 Å². The number of piperazine rings is 1. The number of amides is 1. The van der Waals surface area contributed by atoms with Gasteiger partial charge in [-0.15, -0.1) is 0 Å². The molecule has 1 aromatic carbocycles. The van der Waals surface area contributed by atoms with Crippen LogP contribution in [-0.2, 0) is 11.2 Å². The molecule has 1 saturated heterocycles. The van der Waals surface area contributed by atoms with Gasteiger partial charge in [0.05, 0.1) is 0 Å². The highest BCUT2D eigenvalue weighted by molar-refractivity contribution is 5.76. The van der Waals surface area contributed by atoms with E-state index in [2.05, 4.69) is 47.2 Å². The number of nitrogens with zero attached hydrogens (tertiary/aromatic N) is 2. The summed E-state index contributed by atoms with van der Waals surface area (Å²) in [6.07, 6.45) is 18.0. The number of aryl methyl sites for hydroxylation is 1. The van der Waals surface area contributed by atoms with E-state index in [1.807, 2.05) is 0 Å². The van der Waals surface area contributed by atoms with Crippen molar-refractivity contribution >= 4 is 5.91 Å². The van der Waals surface area contributed by atoms with Crippen molar-refractivity contribution < 1.29 is 4.79 Å². The second kappa shape index (κ2) is 15.5. The fourth-order valence-corrected chi connectivity index (χ4v) is 4.23. The summed E-state index contributed by atoms with van der Waals surface area (Å²) >= 11 is 0. The number of likely N-dealkylation sites (N-methyl/N-ethyl adjacent to an activating group) is 1. The normalized spacial score (nSPS) is 15.0. The van der Waals surface area contributed by atoms with Crippen LogP contribution in [0.5, 0.6) is 0 Å².